The predicted molar refractivity (Wildman–Crippen MR) is 86.5 cm³/mol. The standard InChI is InChI=1S/C15H12ClN3O2S/c1-8-9(2)22-15(17-8)18-14(20)12-7-13(21-19-12)10-3-5-11(16)6-4-10/h3-7H,1-2H3,(H,17,18,20). The number of benzene rings is 1. The van der Waals surface area contributed by atoms with Crippen molar-refractivity contribution in [3.63, 3.8) is 0 Å². The average Bonchev–Trinajstić information content (AvgIpc) is 3.08. The molecule has 0 fully saturated rings. The van der Waals surface area contributed by atoms with Crippen LogP contribution in [0.15, 0.2) is 34.9 Å². The second kappa shape index (κ2) is 5.90. The van der Waals surface area contributed by atoms with E-state index in [9.17, 15) is 4.79 Å². The van der Waals surface area contributed by atoms with Gasteiger partial charge in [-0.25, -0.2) is 4.98 Å². The first-order chi connectivity index (χ1) is 10.5. The van der Waals surface area contributed by atoms with E-state index >= 15 is 0 Å². The maximum absolute atomic E-state index is 12.1. The SMILES string of the molecule is Cc1nc(NC(=O)c2cc(-c3ccc(Cl)cc3)on2)sc1C. The summed E-state index contributed by atoms with van der Waals surface area (Å²) in [5.41, 5.74) is 1.91. The number of nitrogens with one attached hydrogen (secondary N) is 1. The third-order valence-electron chi connectivity index (χ3n) is 3.12. The number of aryl methyl sites for hydroxylation is 2. The summed E-state index contributed by atoms with van der Waals surface area (Å²) in [5.74, 6) is 0.158. The number of aromatic nitrogens is 2. The van der Waals surface area contributed by atoms with Crippen LogP contribution in [0.4, 0.5) is 5.13 Å². The van der Waals surface area contributed by atoms with Crippen LogP contribution < -0.4 is 5.32 Å². The van der Waals surface area contributed by atoms with E-state index in [1.807, 2.05) is 13.8 Å². The van der Waals surface area contributed by atoms with Crippen molar-refractivity contribution in [2.75, 3.05) is 5.32 Å². The van der Waals surface area contributed by atoms with Gasteiger partial charge in [-0.3, -0.25) is 10.1 Å². The van der Waals surface area contributed by atoms with Gasteiger partial charge in [-0.1, -0.05) is 16.8 Å². The van der Waals surface area contributed by atoms with Gasteiger partial charge in [0.05, 0.1) is 5.69 Å². The molecular weight excluding hydrogens is 322 g/mol. The monoisotopic (exact) mass is 333 g/mol. The minimum absolute atomic E-state index is 0.204. The first-order valence-electron chi connectivity index (χ1n) is 6.51. The molecule has 22 heavy (non-hydrogen) atoms. The van der Waals surface area contributed by atoms with Crippen molar-refractivity contribution in [2.45, 2.75) is 13.8 Å². The molecule has 0 aliphatic heterocycles. The number of carbonyl (C=O) groups excluding carboxylic acids is 1. The third-order valence-corrected chi connectivity index (χ3v) is 4.36. The van der Waals surface area contributed by atoms with E-state index in [2.05, 4.69) is 15.5 Å². The molecule has 5 nitrogen and oxygen atoms in total. The summed E-state index contributed by atoms with van der Waals surface area (Å²) in [7, 11) is 0. The Morgan fingerprint density at radius 3 is 2.64 bits per heavy atom. The van der Waals surface area contributed by atoms with Crippen LogP contribution >= 0.6 is 22.9 Å². The molecule has 2 aromatic heterocycles. The molecule has 3 rings (SSSR count). The molecule has 1 N–H and O–H groups in total. The van der Waals surface area contributed by atoms with E-state index in [1.165, 1.54) is 11.3 Å². The lowest BCUT2D eigenvalue weighted by molar-refractivity contribution is 0.101. The molecule has 3 aromatic rings. The van der Waals surface area contributed by atoms with Gasteiger partial charge in [-0.2, -0.15) is 0 Å². The molecule has 0 saturated carbocycles. The molecule has 0 unspecified atom stereocenters. The molecule has 0 saturated heterocycles. The maximum Gasteiger partial charge on any atom is 0.279 e. The van der Waals surface area contributed by atoms with Gasteiger partial charge >= 0.3 is 0 Å². The van der Waals surface area contributed by atoms with E-state index in [4.69, 9.17) is 16.1 Å². The normalized spacial score (nSPS) is 10.7. The number of hydrogen-bond acceptors (Lipinski definition) is 5. The molecule has 112 valence electrons. The summed E-state index contributed by atoms with van der Waals surface area (Å²) in [6.07, 6.45) is 0. The van der Waals surface area contributed by atoms with Gasteiger partial charge in [0.2, 0.25) is 0 Å². The number of thiazole rings is 1. The molecular formula is C15H12ClN3O2S. The van der Waals surface area contributed by atoms with Gasteiger partial charge < -0.3 is 4.52 Å². The molecule has 0 aliphatic carbocycles. The van der Waals surface area contributed by atoms with Gasteiger partial charge in [0, 0.05) is 21.5 Å². The van der Waals surface area contributed by atoms with Crippen molar-refractivity contribution in [1.29, 1.82) is 0 Å². The largest absolute Gasteiger partial charge is 0.355 e. The lowest BCUT2D eigenvalue weighted by Gasteiger charge is -1.96. The highest BCUT2D eigenvalue weighted by atomic mass is 35.5. The van der Waals surface area contributed by atoms with E-state index in [0.717, 1.165) is 16.1 Å². The minimum Gasteiger partial charge on any atom is -0.355 e. The van der Waals surface area contributed by atoms with Crippen molar-refractivity contribution < 1.29 is 9.32 Å². The highest BCUT2D eigenvalue weighted by Crippen LogP contribution is 2.24. The van der Waals surface area contributed by atoms with Crippen LogP contribution in [0.5, 0.6) is 0 Å². The Morgan fingerprint density at radius 1 is 1.27 bits per heavy atom. The summed E-state index contributed by atoms with van der Waals surface area (Å²) < 4.78 is 5.21. The number of carbonyl (C=O) groups is 1. The van der Waals surface area contributed by atoms with E-state index in [0.29, 0.717) is 15.9 Å². The molecule has 1 aromatic carbocycles. The van der Waals surface area contributed by atoms with E-state index in [-0.39, 0.29) is 11.6 Å². The van der Waals surface area contributed by atoms with Crippen LogP contribution in [0.2, 0.25) is 5.02 Å². The Kier molecular flexibility index (Phi) is 3.96. The van der Waals surface area contributed by atoms with E-state index in [1.54, 1.807) is 30.3 Å². The number of amides is 1. The highest BCUT2D eigenvalue weighted by Gasteiger charge is 2.15. The summed E-state index contributed by atoms with van der Waals surface area (Å²) in [6.45, 7) is 3.85. The first kappa shape index (κ1) is 14.7. The van der Waals surface area contributed by atoms with Gasteiger partial charge in [-0.15, -0.1) is 11.3 Å². The molecule has 0 radical (unpaired) electrons. The molecule has 0 atom stereocenters. The maximum atomic E-state index is 12.1. The summed E-state index contributed by atoms with van der Waals surface area (Å²) in [6, 6.07) is 8.70. The fourth-order valence-electron chi connectivity index (χ4n) is 1.82. The summed E-state index contributed by atoms with van der Waals surface area (Å²) in [4.78, 5) is 17.5. The zero-order valence-corrected chi connectivity index (χ0v) is 13.5. The average molecular weight is 334 g/mol. The Hall–Kier alpha value is -2.18. The second-order valence-electron chi connectivity index (χ2n) is 4.70. The predicted octanol–water partition coefficient (Wildman–Crippen LogP) is 4.32. The topological polar surface area (TPSA) is 68.0 Å². The quantitative estimate of drug-likeness (QED) is 0.775. The molecule has 2 heterocycles. The lowest BCUT2D eigenvalue weighted by atomic mass is 10.1. The zero-order chi connectivity index (χ0) is 15.7. The van der Waals surface area contributed by atoms with Crippen molar-refractivity contribution in [2.24, 2.45) is 0 Å². The number of hydrogen-bond donors (Lipinski definition) is 1. The molecule has 0 spiro atoms. The summed E-state index contributed by atoms with van der Waals surface area (Å²) >= 11 is 7.27. The van der Waals surface area contributed by atoms with Gasteiger partial charge in [0.15, 0.2) is 16.6 Å². The van der Waals surface area contributed by atoms with Crippen molar-refractivity contribution >= 4 is 34.0 Å². The number of nitrogens with zero attached hydrogens (tertiary/aromatic N) is 2. The van der Waals surface area contributed by atoms with Crippen LogP contribution in [0, 0.1) is 13.8 Å². The van der Waals surface area contributed by atoms with Crippen LogP contribution in [0.25, 0.3) is 11.3 Å². The molecule has 0 aliphatic rings. The van der Waals surface area contributed by atoms with Gasteiger partial charge in [0.1, 0.15) is 0 Å². The van der Waals surface area contributed by atoms with Crippen LogP contribution in [0.3, 0.4) is 0 Å². The van der Waals surface area contributed by atoms with Crippen LogP contribution in [-0.2, 0) is 0 Å². The first-order valence-corrected chi connectivity index (χ1v) is 7.70. The number of anilines is 1. The fourth-order valence-corrected chi connectivity index (χ4v) is 2.76. The third kappa shape index (κ3) is 3.03. The van der Waals surface area contributed by atoms with Crippen molar-refractivity contribution in [3.05, 3.63) is 51.6 Å². The second-order valence-corrected chi connectivity index (χ2v) is 6.34. The van der Waals surface area contributed by atoms with Crippen molar-refractivity contribution in [1.82, 2.24) is 10.1 Å². The Bertz CT molecular complexity index is 804. The van der Waals surface area contributed by atoms with Gasteiger partial charge in [-0.05, 0) is 38.1 Å². The highest BCUT2D eigenvalue weighted by molar-refractivity contribution is 7.15. The number of rotatable bonds is 3. The summed E-state index contributed by atoms with van der Waals surface area (Å²) in [5, 5.41) is 7.70. The van der Waals surface area contributed by atoms with E-state index < -0.39 is 0 Å². The zero-order valence-electron chi connectivity index (χ0n) is 11.9. The smallest absolute Gasteiger partial charge is 0.279 e. The lowest BCUT2D eigenvalue weighted by Crippen LogP contribution is -2.11. The van der Waals surface area contributed by atoms with Crippen LogP contribution in [-0.4, -0.2) is 16.0 Å². The molecule has 1 amide bonds. The Morgan fingerprint density at radius 2 is 2.00 bits per heavy atom. The van der Waals surface area contributed by atoms with Crippen LogP contribution in [0.1, 0.15) is 21.1 Å². The molecule has 0 bridgehead atoms. The van der Waals surface area contributed by atoms with Crippen molar-refractivity contribution in [3.8, 4) is 11.3 Å². The van der Waals surface area contributed by atoms with Gasteiger partial charge in [0.25, 0.3) is 5.91 Å². The Labute approximate surface area is 135 Å². The molecule has 7 heteroatoms. The number of halogens is 1. The minimum atomic E-state index is -0.349. The fraction of sp³-hybridized carbons (Fsp3) is 0.133. The Balaban J connectivity index is 1.78.